The Labute approximate surface area is 273 Å². The molecule has 0 saturated heterocycles. The third kappa shape index (κ3) is 8.33. The molecule has 2 amide bonds. The fourth-order valence-electron chi connectivity index (χ4n) is 4.64. The van der Waals surface area contributed by atoms with Crippen molar-refractivity contribution in [3.05, 3.63) is 129 Å². The Bertz CT molecular complexity index is 1700. The summed E-state index contributed by atoms with van der Waals surface area (Å²) in [5.41, 5.74) is 2.58. The SMILES string of the molecule is CCNC(=O)[C@@H](Cc1ccccc1)N(Cc1ccc(Cl)cc1)C(=O)CN(c1ccc(Cl)c(Cl)c1)S(=O)(=O)c1ccc(C)cc1. The van der Waals surface area contributed by atoms with Crippen molar-refractivity contribution in [3.63, 3.8) is 0 Å². The first-order valence-electron chi connectivity index (χ1n) is 13.9. The van der Waals surface area contributed by atoms with E-state index >= 15 is 0 Å². The number of halogens is 3. The Morgan fingerprint density at radius 1 is 0.818 bits per heavy atom. The quantitative estimate of drug-likeness (QED) is 0.177. The smallest absolute Gasteiger partial charge is 0.264 e. The van der Waals surface area contributed by atoms with E-state index in [1.807, 2.05) is 37.3 Å². The number of carbonyl (C=O) groups is 2. The lowest BCUT2D eigenvalue weighted by molar-refractivity contribution is -0.140. The van der Waals surface area contributed by atoms with Crippen molar-refractivity contribution in [1.29, 1.82) is 0 Å². The molecule has 230 valence electrons. The summed E-state index contributed by atoms with van der Waals surface area (Å²) in [6.45, 7) is 3.42. The van der Waals surface area contributed by atoms with Crippen LogP contribution in [0, 0.1) is 6.92 Å². The highest BCUT2D eigenvalue weighted by Crippen LogP contribution is 2.31. The largest absolute Gasteiger partial charge is 0.355 e. The first-order valence-corrected chi connectivity index (χ1v) is 16.5. The molecule has 0 aliphatic heterocycles. The van der Waals surface area contributed by atoms with Gasteiger partial charge in [0.1, 0.15) is 12.6 Å². The summed E-state index contributed by atoms with van der Waals surface area (Å²) in [5, 5.41) is 3.72. The Morgan fingerprint density at radius 2 is 1.48 bits per heavy atom. The molecule has 0 radical (unpaired) electrons. The van der Waals surface area contributed by atoms with Crippen LogP contribution in [0.25, 0.3) is 0 Å². The van der Waals surface area contributed by atoms with Gasteiger partial charge in [-0.1, -0.05) is 95.0 Å². The summed E-state index contributed by atoms with van der Waals surface area (Å²) in [7, 11) is -4.26. The van der Waals surface area contributed by atoms with Gasteiger partial charge in [0.15, 0.2) is 0 Å². The Kier molecular flexibility index (Phi) is 11.3. The number of likely N-dealkylation sites (N-methyl/N-ethyl adjacent to an activating group) is 1. The lowest BCUT2D eigenvalue weighted by Crippen LogP contribution is -2.53. The highest BCUT2D eigenvalue weighted by molar-refractivity contribution is 7.92. The van der Waals surface area contributed by atoms with Crippen LogP contribution in [0.1, 0.15) is 23.6 Å². The van der Waals surface area contributed by atoms with Gasteiger partial charge in [-0.2, -0.15) is 0 Å². The maximum atomic E-state index is 14.4. The molecule has 0 bridgehead atoms. The van der Waals surface area contributed by atoms with E-state index in [9.17, 15) is 18.0 Å². The molecule has 0 heterocycles. The molecule has 11 heteroatoms. The molecule has 0 spiro atoms. The zero-order valence-electron chi connectivity index (χ0n) is 24.2. The number of hydrogen-bond donors (Lipinski definition) is 1. The topological polar surface area (TPSA) is 86.8 Å². The van der Waals surface area contributed by atoms with E-state index in [1.165, 1.54) is 35.2 Å². The summed E-state index contributed by atoms with van der Waals surface area (Å²) in [4.78, 5) is 29.3. The molecule has 4 rings (SSSR count). The first-order chi connectivity index (χ1) is 21.0. The van der Waals surface area contributed by atoms with Gasteiger partial charge in [0.05, 0.1) is 20.6 Å². The van der Waals surface area contributed by atoms with Crippen molar-refractivity contribution in [2.75, 3.05) is 17.4 Å². The third-order valence-electron chi connectivity index (χ3n) is 6.97. The Hall–Kier alpha value is -3.56. The number of amides is 2. The Balaban J connectivity index is 1.81. The summed E-state index contributed by atoms with van der Waals surface area (Å²) >= 11 is 18.6. The second kappa shape index (κ2) is 14.9. The van der Waals surface area contributed by atoms with Crippen LogP contribution in [0.3, 0.4) is 0 Å². The minimum atomic E-state index is -4.26. The predicted molar refractivity (Wildman–Crippen MR) is 177 cm³/mol. The number of nitrogens with zero attached hydrogens (tertiary/aromatic N) is 2. The van der Waals surface area contributed by atoms with Gasteiger partial charge in [0.2, 0.25) is 11.8 Å². The maximum Gasteiger partial charge on any atom is 0.264 e. The van der Waals surface area contributed by atoms with Gasteiger partial charge < -0.3 is 10.2 Å². The van der Waals surface area contributed by atoms with Gasteiger partial charge in [0, 0.05) is 24.5 Å². The first kappa shape index (κ1) is 33.3. The second-order valence-corrected chi connectivity index (χ2v) is 13.3. The number of aryl methyl sites for hydroxylation is 1. The van der Waals surface area contributed by atoms with Gasteiger partial charge in [-0.05, 0) is 67.4 Å². The molecule has 0 aromatic heterocycles. The number of benzene rings is 4. The second-order valence-electron chi connectivity index (χ2n) is 10.2. The number of carbonyl (C=O) groups excluding carboxylic acids is 2. The van der Waals surface area contributed by atoms with Crippen LogP contribution in [-0.2, 0) is 32.6 Å². The highest BCUT2D eigenvalue weighted by Gasteiger charge is 2.34. The van der Waals surface area contributed by atoms with Gasteiger partial charge in [-0.15, -0.1) is 0 Å². The molecule has 7 nitrogen and oxygen atoms in total. The minimum absolute atomic E-state index is 0.00390. The predicted octanol–water partition coefficient (Wildman–Crippen LogP) is 6.93. The number of anilines is 1. The van der Waals surface area contributed by atoms with Gasteiger partial charge in [0.25, 0.3) is 10.0 Å². The van der Waals surface area contributed by atoms with Gasteiger partial charge in [-0.25, -0.2) is 8.42 Å². The molecule has 44 heavy (non-hydrogen) atoms. The van der Waals surface area contributed by atoms with E-state index in [1.54, 1.807) is 43.3 Å². The Morgan fingerprint density at radius 3 is 2.09 bits per heavy atom. The zero-order valence-corrected chi connectivity index (χ0v) is 27.3. The van der Waals surface area contributed by atoms with Crippen molar-refractivity contribution >= 4 is 62.3 Å². The van der Waals surface area contributed by atoms with Crippen molar-refractivity contribution in [3.8, 4) is 0 Å². The van der Waals surface area contributed by atoms with Crippen molar-refractivity contribution in [2.45, 2.75) is 37.8 Å². The molecule has 0 saturated carbocycles. The fourth-order valence-corrected chi connectivity index (χ4v) is 6.46. The lowest BCUT2D eigenvalue weighted by Gasteiger charge is -2.34. The average molecular weight is 673 g/mol. The molecule has 0 fully saturated rings. The normalized spacial score (nSPS) is 11.9. The molecule has 4 aromatic rings. The maximum absolute atomic E-state index is 14.4. The monoisotopic (exact) mass is 671 g/mol. The minimum Gasteiger partial charge on any atom is -0.355 e. The van der Waals surface area contributed by atoms with E-state index < -0.39 is 28.5 Å². The van der Waals surface area contributed by atoms with E-state index in [4.69, 9.17) is 34.8 Å². The number of sulfonamides is 1. The average Bonchev–Trinajstić information content (AvgIpc) is 3.00. The van der Waals surface area contributed by atoms with Crippen LogP contribution >= 0.6 is 34.8 Å². The van der Waals surface area contributed by atoms with Crippen molar-refractivity contribution in [2.24, 2.45) is 0 Å². The van der Waals surface area contributed by atoms with Gasteiger partial charge >= 0.3 is 0 Å². The van der Waals surface area contributed by atoms with Crippen molar-refractivity contribution in [1.82, 2.24) is 10.2 Å². The highest BCUT2D eigenvalue weighted by atomic mass is 35.5. The summed E-state index contributed by atoms with van der Waals surface area (Å²) < 4.78 is 29.1. The molecule has 0 aliphatic rings. The third-order valence-corrected chi connectivity index (χ3v) is 9.75. The van der Waals surface area contributed by atoms with E-state index in [0.717, 1.165) is 15.4 Å². The van der Waals surface area contributed by atoms with Crippen LogP contribution in [-0.4, -0.2) is 44.3 Å². The van der Waals surface area contributed by atoms with Crippen LogP contribution in [0.2, 0.25) is 15.1 Å². The molecular formula is C33H32Cl3N3O4S. The van der Waals surface area contributed by atoms with Gasteiger partial charge in [-0.3, -0.25) is 13.9 Å². The van der Waals surface area contributed by atoms with Crippen LogP contribution in [0.5, 0.6) is 0 Å². The zero-order chi connectivity index (χ0) is 31.9. The van der Waals surface area contributed by atoms with Crippen LogP contribution < -0.4 is 9.62 Å². The summed E-state index contributed by atoms with van der Waals surface area (Å²) in [5.74, 6) is -0.949. The molecule has 0 aliphatic carbocycles. The lowest BCUT2D eigenvalue weighted by atomic mass is 10.0. The number of nitrogens with one attached hydrogen (secondary N) is 1. The van der Waals surface area contributed by atoms with Crippen molar-refractivity contribution < 1.29 is 18.0 Å². The molecule has 0 unspecified atom stereocenters. The van der Waals surface area contributed by atoms with E-state index in [0.29, 0.717) is 17.1 Å². The fraction of sp³-hybridized carbons (Fsp3) is 0.212. The summed E-state index contributed by atoms with van der Waals surface area (Å²) in [6.07, 6.45) is 0.212. The van der Waals surface area contributed by atoms with E-state index in [-0.39, 0.29) is 39.5 Å². The van der Waals surface area contributed by atoms with E-state index in [2.05, 4.69) is 5.32 Å². The van der Waals surface area contributed by atoms with Crippen LogP contribution in [0.15, 0.2) is 102 Å². The molecule has 1 atom stereocenters. The standard InChI is InChI=1S/C33H32Cl3N3O4S/c1-3-37-33(41)31(19-24-7-5-4-6-8-24)38(21-25-11-13-26(34)14-12-25)32(40)22-39(27-15-18-29(35)30(36)20-27)44(42,43)28-16-9-23(2)10-17-28/h4-18,20,31H,3,19,21-22H2,1-2H3,(H,37,41)/t31-/m1/s1. The molecule has 4 aromatic carbocycles. The van der Waals surface area contributed by atoms with Crippen LogP contribution in [0.4, 0.5) is 5.69 Å². The molecular weight excluding hydrogens is 641 g/mol. The number of rotatable bonds is 12. The number of hydrogen-bond acceptors (Lipinski definition) is 4. The molecule has 1 N–H and O–H groups in total. The summed E-state index contributed by atoms with van der Waals surface area (Å²) in [6, 6.07) is 26.0.